The SMILES string of the molecule is CNS(=O)(=O)c1cc(NC(=O)c2ccncc2)ccc1C. The molecule has 7 heteroatoms. The van der Waals surface area contributed by atoms with Gasteiger partial charge in [0, 0.05) is 23.6 Å². The van der Waals surface area contributed by atoms with Gasteiger partial charge in [0.05, 0.1) is 4.90 Å². The van der Waals surface area contributed by atoms with Gasteiger partial charge in [0.1, 0.15) is 0 Å². The lowest BCUT2D eigenvalue weighted by Gasteiger charge is -2.10. The van der Waals surface area contributed by atoms with E-state index in [4.69, 9.17) is 0 Å². The molecular weight excluding hydrogens is 290 g/mol. The number of amides is 1. The molecule has 0 radical (unpaired) electrons. The van der Waals surface area contributed by atoms with E-state index in [-0.39, 0.29) is 10.8 Å². The van der Waals surface area contributed by atoms with Crippen molar-refractivity contribution in [3.05, 3.63) is 53.9 Å². The first-order valence-electron chi connectivity index (χ1n) is 6.19. The van der Waals surface area contributed by atoms with Crippen LogP contribution in [0.3, 0.4) is 0 Å². The Balaban J connectivity index is 2.31. The van der Waals surface area contributed by atoms with Crippen LogP contribution in [0, 0.1) is 6.92 Å². The van der Waals surface area contributed by atoms with Crippen LogP contribution in [-0.4, -0.2) is 26.4 Å². The molecule has 2 N–H and O–H groups in total. The van der Waals surface area contributed by atoms with Crippen molar-refractivity contribution in [2.75, 3.05) is 12.4 Å². The molecule has 0 saturated carbocycles. The Morgan fingerprint density at radius 2 is 1.81 bits per heavy atom. The molecule has 0 fully saturated rings. The Morgan fingerprint density at radius 3 is 2.43 bits per heavy atom. The van der Waals surface area contributed by atoms with Crippen LogP contribution in [0.4, 0.5) is 5.69 Å². The fraction of sp³-hybridized carbons (Fsp3) is 0.143. The third-order valence-electron chi connectivity index (χ3n) is 2.95. The van der Waals surface area contributed by atoms with Crippen LogP contribution < -0.4 is 10.0 Å². The molecule has 2 rings (SSSR count). The standard InChI is InChI=1S/C14H15N3O3S/c1-10-3-4-12(9-13(10)21(19,20)15-2)17-14(18)11-5-7-16-8-6-11/h3-9,15H,1-2H3,(H,17,18). The minimum atomic E-state index is -3.56. The Morgan fingerprint density at radius 1 is 1.14 bits per heavy atom. The highest BCUT2D eigenvalue weighted by molar-refractivity contribution is 7.89. The first-order valence-corrected chi connectivity index (χ1v) is 7.68. The lowest BCUT2D eigenvalue weighted by molar-refractivity contribution is 0.102. The molecule has 0 bridgehead atoms. The van der Waals surface area contributed by atoms with E-state index in [1.165, 1.54) is 25.5 Å². The lowest BCUT2D eigenvalue weighted by atomic mass is 10.2. The Bertz CT molecular complexity index is 758. The van der Waals surface area contributed by atoms with Gasteiger partial charge in [0.2, 0.25) is 10.0 Å². The molecule has 6 nitrogen and oxygen atoms in total. The minimum Gasteiger partial charge on any atom is -0.322 e. The lowest BCUT2D eigenvalue weighted by Crippen LogP contribution is -2.20. The molecular formula is C14H15N3O3S. The number of nitrogens with zero attached hydrogens (tertiary/aromatic N) is 1. The number of nitrogens with one attached hydrogen (secondary N) is 2. The van der Waals surface area contributed by atoms with Gasteiger partial charge >= 0.3 is 0 Å². The number of anilines is 1. The summed E-state index contributed by atoms with van der Waals surface area (Å²) in [7, 11) is -2.22. The number of carbonyl (C=O) groups is 1. The molecule has 1 heterocycles. The number of carbonyl (C=O) groups excluding carboxylic acids is 1. The van der Waals surface area contributed by atoms with E-state index in [1.54, 1.807) is 31.2 Å². The summed E-state index contributed by atoms with van der Waals surface area (Å²) >= 11 is 0. The second kappa shape index (κ2) is 6.02. The van der Waals surface area contributed by atoms with E-state index < -0.39 is 10.0 Å². The molecule has 0 aliphatic heterocycles. The topological polar surface area (TPSA) is 88.2 Å². The van der Waals surface area contributed by atoms with Crippen LogP contribution in [-0.2, 0) is 10.0 Å². The van der Waals surface area contributed by atoms with Gasteiger partial charge in [-0.1, -0.05) is 6.07 Å². The van der Waals surface area contributed by atoms with Crippen molar-refractivity contribution in [1.29, 1.82) is 0 Å². The summed E-state index contributed by atoms with van der Waals surface area (Å²) in [5.74, 6) is -0.325. The highest BCUT2D eigenvalue weighted by atomic mass is 32.2. The normalized spacial score (nSPS) is 11.1. The van der Waals surface area contributed by atoms with Crippen LogP contribution in [0.25, 0.3) is 0 Å². The number of sulfonamides is 1. The number of hydrogen-bond acceptors (Lipinski definition) is 4. The molecule has 0 spiro atoms. The van der Waals surface area contributed by atoms with E-state index in [2.05, 4.69) is 15.0 Å². The maximum absolute atomic E-state index is 12.0. The number of aromatic nitrogens is 1. The third-order valence-corrected chi connectivity index (χ3v) is 4.50. The summed E-state index contributed by atoms with van der Waals surface area (Å²) in [6.07, 6.45) is 3.03. The number of hydrogen-bond donors (Lipinski definition) is 2. The van der Waals surface area contributed by atoms with Gasteiger partial charge in [0.15, 0.2) is 0 Å². The van der Waals surface area contributed by atoms with Crippen molar-refractivity contribution >= 4 is 21.6 Å². The molecule has 1 aromatic heterocycles. The molecule has 110 valence electrons. The van der Waals surface area contributed by atoms with E-state index in [0.717, 1.165) is 0 Å². The van der Waals surface area contributed by atoms with Crippen molar-refractivity contribution in [2.45, 2.75) is 11.8 Å². The Labute approximate surface area is 123 Å². The molecule has 0 aliphatic rings. The van der Waals surface area contributed by atoms with E-state index in [9.17, 15) is 13.2 Å². The van der Waals surface area contributed by atoms with Gasteiger partial charge in [-0.2, -0.15) is 0 Å². The molecule has 0 saturated heterocycles. The van der Waals surface area contributed by atoms with Crippen molar-refractivity contribution in [2.24, 2.45) is 0 Å². The molecule has 21 heavy (non-hydrogen) atoms. The van der Waals surface area contributed by atoms with Crippen LogP contribution in [0.5, 0.6) is 0 Å². The second-order valence-electron chi connectivity index (χ2n) is 4.38. The zero-order valence-corrected chi connectivity index (χ0v) is 12.4. The van der Waals surface area contributed by atoms with E-state index >= 15 is 0 Å². The largest absolute Gasteiger partial charge is 0.322 e. The fourth-order valence-corrected chi connectivity index (χ4v) is 2.78. The molecule has 1 amide bonds. The first-order chi connectivity index (χ1) is 9.94. The highest BCUT2D eigenvalue weighted by Crippen LogP contribution is 2.20. The van der Waals surface area contributed by atoms with Crippen LogP contribution in [0.15, 0.2) is 47.6 Å². The molecule has 1 aromatic carbocycles. The number of pyridine rings is 1. The predicted octanol–water partition coefficient (Wildman–Crippen LogP) is 1.55. The van der Waals surface area contributed by atoms with Crippen molar-refractivity contribution < 1.29 is 13.2 Å². The summed E-state index contributed by atoms with van der Waals surface area (Å²) in [4.78, 5) is 16.0. The van der Waals surface area contributed by atoms with Gasteiger partial charge < -0.3 is 5.32 Å². The highest BCUT2D eigenvalue weighted by Gasteiger charge is 2.16. The maximum Gasteiger partial charge on any atom is 0.255 e. The zero-order valence-electron chi connectivity index (χ0n) is 11.6. The molecule has 2 aromatic rings. The maximum atomic E-state index is 12.0. The average molecular weight is 305 g/mol. The van der Waals surface area contributed by atoms with Gasteiger partial charge in [-0.15, -0.1) is 0 Å². The summed E-state index contributed by atoms with van der Waals surface area (Å²) < 4.78 is 26.1. The van der Waals surface area contributed by atoms with Crippen LogP contribution in [0.1, 0.15) is 15.9 Å². The summed E-state index contributed by atoms with van der Waals surface area (Å²) in [5, 5.41) is 2.66. The average Bonchev–Trinajstić information content (AvgIpc) is 2.50. The van der Waals surface area contributed by atoms with Gasteiger partial charge in [-0.25, -0.2) is 13.1 Å². The summed E-state index contributed by atoms with van der Waals surface area (Å²) in [6, 6.07) is 7.89. The Hall–Kier alpha value is -2.25. The van der Waals surface area contributed by atoms with E-state index in [0.29, 0.717) is 16.8 Å². The van der Waals surface area contributed by atoms with E-state index in [1.807, 2.05) is 0 Å². The van der Waals surface area contributed by atoms with Crippen molar-refractivity contribution in [1.82, 2.24) is 9.71 Å². The number of benzene rings is 1. The predicted molar refractivity (Wildman–Crippen MR) is 79.6 cm³/mol. The quantitative estimate of drug-likeness (QED) is 0.897. The van der Waals surface area contributed by atoms with Crippen molar-refractivity contribution in [3.8, 4) is 0 Å². The fourth-order valence-electron chi connectivity index (χ4n) is 1.78. The minimum absolute atomic E-state index is 0.137. The molecule has 0 aliphatic carbocycles. The van der Waals surface area contributed by atoms with Crippen molar-refractivity contribution in [3.63, 3.8) is 0 Å². The first kappa shape index (κ1) is 15.1. The smallest absolute Gasteiger partial charge is 0.255 e. The molecule has 0 atom stereocenters. The van der Waals surface area contributed by atoms with Crippen LogP contribution in [0.2, 0.25) is 0 Å². The summed E-state index contributed by atoms with van der Waals surface area (Å²) in [5.41, 5.74) is 1.46. The van der Waals surface area contributed by atoms with Gasteiger partial charge in [-0.3, -0.25) is 9.78 Å². The zero-order chi connectivity index (χ0) is 15.5. The Kier molecular flexibility index (Phi) is 4.35. The second-order valence-corrected chi connectivity index (χ2v) is 6.23. The van der Waals surface area contributed by atoms with Gasteiger partial charge in [-0.05, 0) is 43.8 Å². The number of aryl methyl sites for hydroxylation is 1. The van der Waals surface area contributed by atoms with Crippen LogP contribution >= 0.6 is 0 Å². The summed E-state index contributed by atoms with van der Waals surface area (Å²) in [6.45, 7) is 1.69. The number of rotatable bonds is 4. The molecule has 0 unspecified atom stereocenters. The van der Waals surface area contributed by atoms with Gasteiger partial charge in [0.25, 0.3) is 5.91 Å². The monoisotopic (exact) mass is 305 g/mol. The third kappa shape index (κ3) is 3.45.